The van der Waals surface area contributed by atoms with Gasteiger partial charge in [-0.1, -0.05) is 48.5 Å². The molecule has 1 aliphatic carbocycles. The second-order valence-corrected chi connectivity index (χ2v) is 8.90. The fourth-order valence-corrected chi connectivity index (χ4v) is 3.52. The maximum Gasteiger partial charge on any atom is 0.00954 e. The van der Waals surface area contributed by atoms with Crippen LogP contribution in [0.15, 0.2) is 0 Å². The van der Waals surface area contributed by atoms with E-state index in [1.54, 1.807) is 0 Å². The molecule has 1 N–H and O–H groups in total. The molecule has 0 radical (unpaired) electrons. The highest BCUT2D eigenvalue weighted by Gasteiger charge is 2.35. The Bertz CT molecular complexity index is 256. The molecule has 0 aliphatic heterocycles. The van der Waals surface area contributed by atoms with Gasteiger partial charge in [-0.05, 0) is 61.3 Å². The molecule has 1 fully saturated rings. The smallest absolute Gasteiger partial charge is 0.00954 e. The first kappa shape index (κ1) is 17.0. The van der Waals surface area contributed by atoms with Crippen molar-refractivity contribution in [1.82, 2.24) is 5.32 Å². The Morgan fingerprint density at radius 1 is 1.00 bits per heavy atom. The van der Waals surface area contributed by atoms with E-state index in [4.69, 9.17) is 0 Å². The minimum Gasteiger partial charge on any atom is -0.314 e. The van der Waals surface area contributed by atoms with Crippen LogP contribution in [0.3, 0.4) is 0 Å². The van der Waals surface area contributed by atoms with E-state index in [0.29, 0.717) is 10.8 Å². The fourth-order valence-electron chi connectivity index (χ4n) is 3.52. The van der Waals surface area contributed by atoms with Gasteiger partial charge >= 0.3 is 0 Å². The number of hydrogen-bond donors (Lipinski definition) is 1. The van der Waals surface area contributed by atoms with Crippen molar-refractivity contribution in [2.45, 2.75) is 86.6 Å². The minimum atomic E-state index is 0.478. The Balaban J connectivity index is 2.62. The third-order valence-electron chi connectivity index (χ3n) is 4.94. The van der Waals surface area contributed by atoms with E-state index >= 15 is 0 Å². The summed E-state index contributed by atoms with van der Waals surface area (Å²) in [6.07, 6.45) is 6.97. The summed E-state index contributed by atoms with van der Waals surface area (Å²) in [4.78, 5) is 0. The van der Waals surface area contributed by atoms with Gasteiger partial charge in [-0.2, -0.15) is 0 Å². The summed E-state index contributed by atoms with van der Waals surface area (Å²) in [5, 5.41) is 3.74. The molecule has 1 saturated carbocycles. The first-order chi connectivity index (χ1) is 8.63. The SMILES string of the molecule is CCNC1CCC(C(C)(C)C)CC1CCC(C)(C)C. The van der Waals surface area contributed by atoms with Crippen molar-refractivity contribution in [2.75, 3.05) is 6.54 Å². The lowest BCUT2D eigenvalue weighted by atomic mass is 9.66. The van der Waals surface area contributed by atoms with E-state index in [0.717, 1.165) is 24.4 Å². The van der Waals surface area contributed by atoms with Gasteiger partial charge in [-0.25, -0.2) is 0 Å². The lowest BCUT2D eigenvalue weighted by Crippen LogP contribution is -2.43. The van der Waals surface area contributed by atoms with Gasteiger partial charge in [-0.15, -0.1) is 0 Å². The topological polar surface area (TPSA) is 12.0 Å². The van der Waals surface area contributed by atoms with E-state index < -0.39 is 0 Å². The van der Waals surface area contributed by atoms with Gasteiger partial charge in [0.15, 0.2) is 0 Å². The molecule has 0 heterocycles. The van der Waals surface area contributed by atoms with Crippen LogP contribution in [0, 0.1) is 22.7 Å². The molecule has 1 heteroatoms. The van der Waals surface area contributed by atoms with Gasteiger partial charge in [0.25, 0.3) is 0 Å². The molecule has 3 unspecified atom stereocenters. The van der Waals surface area contributed by atoms with E-state index in [9.17, 15) is 0 Å². The van der Waals surface area contributed by atoms with E-state index in [1.165, 1.54) is 32.1 Å². The summed E-state index contributed by atoms with van der Waals surface area (Å²) in [5.74, 6) is 1.80. The quantitative estimate of drug-likeness (QED) is 0.733. The van der Waals surface area contributed by atoms with E-state index in [2.05, 4.69) is 53.8 Å². The summed E-state index contributed by atoms with van der Waals surface area (Å²) in [7, 11) is 0. The largest absolute Gasteiger partial charge is 0.314 e. The molecule has 1 aliphatic rings. The maximum atomic E-state index is 3.74. The third kappa shape index (κ3) is 5.85. The molecule has 0 saturated heterocycles. The second-order valence-electron chi connectivity index (χ2n) is 8.90. The van der Waals surface area contributed by atoms with Gasteiger partial charge in [0.2, 0.25) is 0 Å². The molecule has 0 amide bonds. The molecular formula is C18H37N. The van der Waals surface area contributed by atoms with Crippen LogP contribution in [0.5, 0.6) is 0 Å². The lowest BCUT2D eigenvalue weighted by molar-refractivity contribution is 0.103. The standard InChI is InChI=1S/C18H37N/c1-8-19-16-10-9-15(18(5,6)7)13-14(16)11-12-17(2,3)4/h14-16,19H,8-13H2,1-7H3. The van der Waals surface area contributed by atoms with E-state index in [-0.39, 0.29) is 0 Å². The predicted octanol–water partition coefficient (Wildman–Crippen LogP) is 5.25. The summed E-state index contributed by atoms with van der Waals surface area (Å²) in [6, 6.07) is 0.769. The van der Waals surface area contributed by atoms with Crippen LogP contribution < -0.4 is 5.32 Å². The van der Waals surface area contributed by atoms with Gasteiger partial charge in [-0.3, -0.25) is 0 Å². The molecule has 19 heavy (non-hydrogen) atoms. The first-order valence-electron chi connectivity index (χ1n) is 8.37. The first-order valence-corrected chi connectivity index (χ1v) is 8.37. The molecule has 0 spiro atoms. The molecule has 3 atom stereocenters. The zero-order valence-electron chi connectivity index (χ0n) is 14.5. The van der Waals surface area contributed by atoms with Crippen LogP contribution in [0.25, 0.3) is 0 Å². The average molecular weight is 268 g/mol. The van der Waals surface area contributed by atoms with Crippen molar-refractivity contribution >= 4 is 0 Å². The summed E-state index contributed by atoms with van der Waals surface area (Å²) >= 11 is 0. The number of hydrogen-bond acceptors (Lipinski definition) is 1. The number of nitrogens with one attached hydrogen (secondary N) is 1. The van der Waals surface area contributed by atoms with Crippen molar-refractivity contribution in [1.29, 1.82) is 0 Å². The van der Waals surface area contributed by atoms with Crippen LogP contribution in [0.4, 0.5) is 0 Å². The normalized spacial score (nSPS) is 29.5. The third-order valence-corrected chi connectivity index (χ3v) is 4.94. The highest BCUT2D eigenvalue weighted by molar-refractivity contribution is 4.89. The van der Waals surface area contributed by atoms with Gasteiger partial charge < -0.3 is 5.32 Å². The zero-order valence-corrected chi connectivity index (χ0v) is 14.5. The van der Waals surface area contributed by atoms with Crippen LogP contribution in [0.1, 0.15) is 80.6 Å². The van der Waals surface area contributed by atoms with Crippen molar-refractivity contribution in [2.24, 2.45) is 22.7 Å². The monoisotopic (exact) mass is 267 g/mol. The van der Waals surface area contributed by atoms with E-state index in [1.807, 2.05) is 0 Å². The molecule has 0 bridgehead atoms. The second kappa shape index (κ2) is 6.61. The van der Waals surface area contributed by atoms with Crippen LogP contribution in [0.2, 0.25) is 0 Å². The Morgan fingerprint density at radius 3 is 2.11 bits per heavy atom. The zero-order chi connectivity index (χ0) is 14.7. The predicted molar refractivity (Wildman–Crippen MR) is 86.4 cm³/mol. The van der Waals surface area contributed by atoms with Gasteiger partial charge in [0.1, 0.15) is 0 Å². The van der Waals surface area contributed by atoms with Crippen molar-refractivity contribution in [3.63, 3.8) is 0 Å². The molecule has 0 aromatic heterocycles. The summed E-state index contributed by atoms with van der Waals surface area (Å²) in [5.41, 5.74) is 0.961. The van der Waals surface area contributed by atoms with Gasteiger partial charge in [0, 0.05) is 6.04 Å². The minimum absolute atomic E-state index is 0.478. The maximum absolute atomic E-state index is 3.74. The highest BCUT2D eigenvalue weighted by Crippen LogP contribution is 2.42. The Labute approximate surface area is 121 Å². The molecular weight excluding hydrogens is 230 g/mol. The highest BCUT2D eigenvalue weighted by atomic mass is 14.9. The van der Waals surface area contributed by atoms with Crippen molar-refractivity contribution in [3.8, 4) is 0 Å². The molecule has 114 valence electrons. The van der Waals surface area contributed by atoms with Crippen LogP contribution >= 0.6 is 0 Å². The van der Waals surface area contributed by atoms with Crippen molar-refractivity contribution in [3.05, 3.63) is 0 Å². The molecule has 0 aromatic carbocycles. The van der Waals surface area contributed by atoms with Crippen molar-refractivity contribution < 1.29 is 0 Å². The fraction of sp³-hybridized carbons (Fsp3) is 1.00. The molecule has 0 aromatic rings. The summed E-state index contributed by atoms with van der Waals surface area (Å²) < 4.78 is 0. The molecule has 1 nitrogen and oxygen atoms in total. The summed E-state index contributed by atoms with van der Waals surface area (Å²) in [6.45, 7) is 17.8. The number of rotatable bonds is 4. The lowest BCUT2D eigenvalue weighted by Gasteiger charge is -2.43. The van der Waals surface area contributed by atoms with Crippen LogP contribution in [-0.4, -0.2) is 12.6 Å². The Morgan fingerprint density at radius 2 is 1.63 bits per heavy atom. The van der Waals surface area contributed by atoms with Crippen LogP contribution in [-0.2, 0) is 0 Å². The average Bonchev–Trinajstić information content (AvgIpc) is 2.25. The van der Waals surface area contributed by atoms with Gasteiger partial charge in [0.05, 0.1) is 0 Å². The Hall–Kier alpha value is -0.0400. The Kier molecular flexibility index (Phi) is 5.92. The molecule has 1 rings (SSSR count).